The van der Waals surface area contributed by atoms with Crippen molar-refractivity contribution in [2.75, 3.05) is 7.05 Å². The van der Waals surface area contributed by atoms with Crippen molar-refractivity contribution in [1.82, 2.24) is 0 Å². The Labute approximate surface area is 105 Å². The second-order valence-electron chi connectivity index (χ2n) is 5.81. The standard InChI is InChI=1S/C13H24BNO2/c1-9(2)11(10(3)15-8)14-16-12(4,5)13(6,7)17-14/h1-8H3. The van der Waals surface area contributed by atoms with Crippen molar-refractivity contribution < 1.29 is 9.31 Å². The number of nitrogens with zero attached hydrogens (tertiary/aromatic N) is 1. The zero-order valence-electron chi connectivity index (χ0n) is 12.3. The fourth-order valence-electron chi connectivity index (χ4n) is 1.85. The minimum absolute atomic E-state index is 0.299. The summed E-state index contributed by atoms with van der Waals surface area (Å²) in [5.41, 5.74) is 2.62. The van der Waals surface area contributed by atoms with Gasteiger partial charge in [0.25, 0.3) is 0 Å². The summed E-state index contributed by atoms with van der Waals surface area (Å²) < 4.78 is 12.1. The lowest BCUT2D eigenvalue weighted by atomic mass is 9.73. The lowest BCUT2D eigenvalue weighted by Gasteiger charge is -2.32. The lowest BCUT2D eigenvalue weighted by molar-refractivity contribution is 0.00578. The third kappa shape index (κ3) is 2.63. The molecule has 4 heteroatoms. The minimum atomic E-state index is -0.311. The zero-order chi connectivity index (χ0) is 13.4. The molecule has 0 amide bonds. The summed E-state index contributed by atoms with van der Waals surface area (Å²) in [6, 6.07) is 0. The molecule has 3 nitrogen and oxygen atoms in total. The summed E-state index contributed by atoms with van der Waals surface area (Å²) >= 11 is 0. The maximum absolute atomic E-state index is 6.05. The molecule has 0 aliphatic carbocycles. The van der Waals surface area contributed by atoms with Crippen molar-refractivity contribution in [1.29, 1.82) is 0 Å². The molecule has 1 rings (SSSR count). The number of hydrogen-bond acceptors (Lipinski definition) is 3. The van der Waals surface area contributed by atoms with E-state index in [1.54, 1.807) is 7.05 Å². The van der Waals surface area contributed by atoms with E-state index in [1.165, 1.54) is 5.57 Å². The van der Waals surface area contributed by atoms with Gasteiger partial charge in [0.05, 0.1) is 11.2 Å². The fourth-order valence-corrected chi connectivity index (χ4v) is 1.85. The first-order valence-electron chi connectivity index (χ1n) is 6.09. The smallest absolute Gasteiger partial charge is 0.399 e. The highest BCUT2D eigenvalue weighted by molar-refractivity contribution is 6.62. The van der Waals surface area contributed by atoms with Crippen molar-refractivity contribution in [2.45, 2.75) is 59.7 Å². The molecule has 1 saturated heterocycles. The Balaban J connectivity index is 3.09. The molecule has 0 bridgehead atoms. The number of hydrogen-bond donors (Lipinski definition) is 0. The highest BCUT2D eigenvalue weighted by Gasteiger charge is 2.52. The normalized spacial score (nSPS) is 22.8. The van der Waals surface area contributed by atoms with Gasteiger partial charge in [-0.2, -0.15) is 0 Å². The quantitative estimate of drug-likeness (QED) is 0.546. The summed E-state index contributed by atoms with van der Waals surface area (Å²) in [6.45, 7) is 14.4. The molecule has 17 heavy (non-hydrogen) atoms. The van der Waals surface area contributed by atoms with E-state index in [2.05, 4.69) is 46.5 Å². The van der Waals surface area contributed by atoms with Crippen LogP contribution in [0.5, 0.6) is 0 Å². The first-order chi connectivity index (χ1) is 7.62. The van der Waals surface area contributed by atoms with Gasteiger partial charge >= 0.3 is 7.12 Å². The van der Waals surface area contributed by atoms with Gasteiger partial charge in [0.2, 0.25) is 0 Å². The SMILES string of the molecule is CN=C(C)C(B1OC(C)(C)C(C)(C)O1)=C(C)C. The third-order valence-electron chi connectivity index (χ3n) is 3.75. The predicted octanol–water partition coefficient (Wildman–Crippen LogP) is 3.04. The Morgan fingerprint density at radius 3 is 1.65 bits per heavy atom. The second-order valence-corrected chi connectivity index (χ2v) is 5.81. The topological polar surface area (TPSA) is 30.8 Å². The first kappa shape index (κ1) is 14.5. The molecule has 1 aliphatic heterocycles. The van der Waals surface area contributed by atoms with E-state index in [0.29, 0.717) is 0 Å². The van der Waals surface area contributed by atoms with Gasteiger partial charge in [-0.3, -0.25) is 4.99 Å². The van der Waals surface area contributed by atoms with Crippen LogP contribution in [0.15, 0.2) is 16.0 Å². The maximum Gasteiger partial charge on any atom is 0.496 e. The average molecular weight is 237 g/mol. The van der Waals surface area contributed by atoms with E-state index in [9.17, 15) is 0 Å². The number of rotatable bonds is 2. The molecule has 0 saturated carbocycles. The lowest BCUT2D eigenvalue weighted by Crippen LogP contribution is -2.41. The van der Waals surface area contributed by atoms with Gasteiger partial charge in [0.1, 0.15) is 0 Å². The molecule has 0 aromatic heterocycles. The van der Waals surface area contributed by atoms with Crippen LogP contribution in [0.25, 0.3) is 0 Å². The average Bonchev–Trinajstić information content (AvgIpc) is 2.34. The summed E-state index contributed by atoms with van der Waals surface area (Å²) in [5, 5.41) is 0. The van der Waals surface area contributed by atoms with Gasteiger partial charge in [-0.1, -0.05) is 5.57 Å². The molecule has 0 aromatic carbocycles. The van der Waals surface area contributed by atoms with Crippen LogP contribution < -0.4 is 0 Å². The second kappa shape index (κ2) is 4.58. The van der Waals surface area contributed by atoms with E-state index in [4.69, 9.17) is 9.31 Å². The molecule has 1 heterocycles. The number of allylic oxidation sites excluding steroid dienone is 2. The molecular formula is C13H24BNO2. The van der Waals surface area contributed by atoms with Crippen LogP contribution in [-0.2, 0) is 9.31 Å². The van der Waals surface area contributed by atoms with Crippen LogP contribution in [0.2, 0.25) is 0 Å². The molecule has 1 fully saturated rings. The summed E-state index contributed by atoms with van der Waals surface area (Å²) in [5.74, 6) is 0. The Kier molecular flexibility index (Phi) is 3.89. The van der Waals surface area contributed by atoms with E-state index < -0.39 is 0 Å². The van der Waals surface area contributed by atoms with Crippen LogP contribution in [0.4, 0.5) is 0 Å². The molecule has 0 N–H and O–H groups in total. The highest BCUT2D eigenvalue weighted by atomic mass is 16.7. The molecule has 0 atom stereocenters. The highest BCUT2D eigenvalue weighted by Crippen LogP contribution is 2.39. The molecular weight excluding hydrogens is 213 g/mol. The van der Waals surface area contributed by atoms with Gasteiger partial charge in [-0.25, -0.2) is 0 Å². The summed E-state index contributed by atoms with van der Waals surface area (Å²) in [4.78, 5) is 4.25. The Morgan fingerprint density at radius 1 is 0.941 bits per heavy atom. The van der Waals surface area contributed by atoms with Gasteiger partial charge in [-0.15, -0.1) is 0 Å². The van der Waals surface area contributed by atoms with E-state index in [0.717, 1.165) is 11.2 Å². The fraction of sp³-hybridized carbons (Fsp3) is 0.769. The van der Waals surface area contributed by atoms with Crippen molar-refractivity contribution in [2.24, 2.45) is 4.99 Å². The number of aliphatic imine (C=N–C) groups is 1. The van der Waals surface area contributed by atoms with Crippen LogP contribution in [0.1, 0.15) is 48.5 Å². The van der Waals surface area contributed by atoms with Crippen molar-refractivity contribution in [3.8, 4) is 0 Å². The van der Waals surface area contributed by atoms with Gasteiger partial charge < -0.3 is 9.31 Å². The first-order valence-corrected chi connectivity index (χ1v) is 6.09. The van der Waals surface area contributed by atoms with Gasteiger partial charge in [-0.05, 0) is 48.5 Å². The molecule has 0 aromatic rings. The monoisotopic (exact) mass is 237 g/mol. The van der Waals surface area contributed by atoms with Crippen LogP contribution >= 0.6 is 0 Å². The molecule has 96 valence electrons. The van der Waals surface area contributed by atoms with Crippen molar-refractivity contribution >= 4 is 12.8 Å². The van der Waals surface area contributed by atoms with Gasteiger partial charge in [0, 0.05) is 18.2 Å². The summed E-state index contributed by atoms with van der Waals surface area (Å²) in [6.07, 6.45) is 0. The van der Waals surface area contributed by atoms with Gasteiger partial charge in [0.15, 0.2) is 0 Å². The van der Waals surface area contributed by atoms with Crippen LogP contribution in [-0.4, -0.2) is 31.1 Å². The van der Waals surface area contributed by atoms with Crippen LogP contribution in [0.3, 0.4) is 0 Å². The third-order valence-corrected chi connectivity index (χ3v) is 3.75. The maximum atomic E-state index is 6.05. The van der Waals surface area contributed by atoms with E-state index in [-0.39, 0.29) is 18.3 Å². The molecule has 1 aliphatic rings. The Morgan fingerprint density at radius 2 is 1.35 bits per heavy atom. The van der Waals surface area contributed by atoms with Crippen molar-refractivity contribution in [3.63, 3.8) is 0 Å². The van der Waals surface area contributed by atoms with Crippen molar-refractivity contribution in [3.05, 3.63) is 11.0 Å². The van der Waals surface area contributed by atoms with E-state index in [1.807, 2.05) is 6.92 Å². The Bertz CT molecular complexity index is 350. The molecule has 0 unspecified atom stereocenters. The summed E-state index contributed by atoms with van der Waals surface area (Å²) in [7, 11) is 1.48. The zero-order valence-corrected chi connectivity index (χ0v) is 12.3. The van der Waals surface area contributed by atoms with Crippen LogP contribution in [0, 0.1) is 0 Å². The van der Waals surface area contributed by atoms with E-state index >= 15 is 0 Å². The Hall–Kier alpha value is -0.605. The molecule has 0 spiro atoms. The largest absolute Gasteiger partial charge is 0.496 e. The minimum Gasteiger partial charge on any atom is -0.399 e. The predicted molar refractivity (Wildman–Crippen MR) is 73.5 cm³/mol. The molecule has 0 radical (unpaired) electrons.